The predicted octanol–water partition coefficient (Wildman–Crippen LogP) is 5.14. The summed E-state index contributed by atoms with van der Waals surface area (Å²) in [6.45, 7) is 5.71. The lowest BCUT2D eigenvalue weighted by atomic mass is 10.0. The zero-order valence-electron chi connectivity index (χ0n) is 18.2. The summed E-state index contributed by atoms with van der Waals surface area (Å²) >= 11 is 0. The molecule has 5 nitrogen and oxygen atoms in total. The molecule has 0 radical (unpaired) electrons. The molecular weight excluding hydrogens is 386 g/mol. The van der Waals surface area contributed by atoms with Crippen molar-refractivity contribution in [2.45, 2.75) is 19.9 Å². The van der Waals surface area contributed by atoms with E-state index >= 15 is 0 Å². The highest BCUT2D eigenvalue weighted by atomic mass is 16.4. The highest BCUT2D eigenvalue weighted by molar-refractivity contribution is 5.86. The fourth-order valence-corrected chi connectivity index (χ4v) is 3.99. The maximum atomic E-state index is 11.7. The molecule has 0 aliphatic rings. The minimum absolute atomic E-state index is 0.408. The standard InChI is InChI=1S/C26H29N3O2/c1-3-15-29(24-14-8-13-23-25(24)31-26(30)27-23)17-16-28(2)19-20-9-7-12-22(18-20)21-10-5-4-6-11-21/h4-14,18H,3,15-17,19H2,1-2H3,(H,27,30). The van der Waals surface area contributed by atoms with Crippen LogP contribution in [-0.2, 0) is 6.54 Å². The SMILES string of the molecule is CCCN(CCN(C)Cc1cccc(-c2ccccc2)c1)c1cccc2[nH]c(=O)oc12. The van der Waals surface area contributed by atoms with Crippen LogP contribution in [0.25, 0.3) is 22.2 Å². The lowest BCUT2D eigenvalue weighted by Gasteiger charge is -2.27. The van der Waals surface area contributed by atoms with Crippen molar-refractivity contribution >= 4 is 16.8 Å². The zero-order chi connectivity index (χ0) is 21.6. The number of aromatic amines is 1. The van der Waals surface area contributed by atoms with Crippen LogP contribution < -0.4 is 10.7 Å². The Balaban J connectivity index is 1.44. The third-order valence-corrected chi connectivity index (χ3v) is 5.50. The molecule has 0 saturated heterocycles. The molecule has 0 amide bonds. The lowest BCUT2D eigenvalue weighted by molar-refractivity contribution is 0.332. The predicted molar refractivity (Wildman–Crippen MR) is 128 cm³/mol. The Bertz CT molecular complexity index is 1180. The number of hydrogen-bond donors (Lipinski definition) is 1. The molecule has 1 N–H and O–H groups in total. The van der Waals surface area contributed by atoms with Crippen LogP contribution in [0.2, 0.25) is 0 Å². The van der Waals surface area contributed by atoms with Crippen LogP contribution in [0.5, 0.6) is 0 Å². The summed E-state index contributed by atoms with van der Waals surface area (Å²) in [5.74, 6) is -0.408. The average molecular weight is 416 g/mol. The van der Waals surface area contributed by atoms with Gasteiger partial charge in [-0.2, -0.15) is 0 Å². The third kappa shape index (κ3) is 5.06. The monoisotopic (exact) mass is 415 g/mol. The smallest absolute Gasteiger partial charge is 0.406 e. The normalized spacial score (nSPS) is 11.3. The summed E-state index contributed by atoms with van der Waals surface area (Å²) in [5.41, 5.74) is 6.13. The molecule has 0 fully saturated rings. The number of anilines is 1. The van der Waals surface area contributed by atoms with E-state index in [2.05, 4.69) is 77.3 Å². The largest absolute Gasteiger partial charge is 0.417 e. The van der Waals surface area contributed by atoms with E-state index in [-0.39, 0.29) is 0 Å². The van der Waals surface area contributed by atoms with E-state index in [0.717, 1.165) is 43.8 Å². The molecule has 1 heterocycles. The van der Waals surface area contributed by atoms with E-state index in [1.165, 1.54) is 16.7 Å². The molecule has 4 aromatic rings. The Morgan fingerprint density at radius 1 is 0.871 bits per heavy atom. The minimum Gasteiger partial charge on any atom is -0.406 e. The molecule has 0 aliphatic heterocycles. The number of fused-ring (bicyclic) bond motifs is 1. The van der Waals surface area contributed by atoms with Crippen LogP contribution in [0.1, 0.15) is 18.9 Å². The van der Waals surface area contributed by atoms with Gasteiger partial charge < -0.3 is 14.2 Å². The second kappa shape index (κ2) is 9.67. The number of H-pyrrole nitrogens is 1. The molecule has 1 aromatic heterocycles. The van der Waals surface area contributed by atoms with E-state index in [1.54, 1.807) is 0 Å². The third-order valence-electron chi connectivity index (χ3n) is 5.50. The molecule has 160 valence electrons. The van der Waals surface area contributed by atoms with Gasteiger partial charge in [-0.25, -0.2) is 4.79 Å². The fourth-order valence-electron chi connectivity index (χ4n) is 3.99. The summed E-state index contributed by atoms with van der Waals surface area (Å²) in [6.07, 6.45) is 1.02. The van der Waals surface area contributed by atoms with Gasteiger partial charge in [0.25, 0.3) is 0 Å². The van der Waals surface area contributed by atoms with Crippen molar-refractivity contribution in [3.05, 3.63) is 88.9 Å². The van der Waals surface area contributed by atoms with Crippen LogP contribution >= 0.6 is 0 Å². The maximum Gasteiger partial charge on any atom is 0.417 e. The Kier molecular flexibility index (Phi) is 6.53. The van der Waals surface area contributed by atoms with Gasteiger partial charge in [-0.3, -0.25) is 4.98 Å². The summed E-state index contributed by atoms with van der Waals surface area (Å²) in [6, 6.07) is 25.1. The Morgan fingerprint density at radius 2 is 1.65 bits per heavy atom. The van der Waals surface area contributed by atoms with Crippen molar-refractivity contribution in [2.24, 2.45) is 0 Å². The fraction of sp³-hybridized carbons (Fsp3) is 0.269. The van der Waals surface area contributed by atoms with Gasteiger partial charge in [0.05, 0.1) is 11.2 Å². The first-order valence-corrected chi connectivity index (χ1v) is 10.8. The van der Waals surface area contributed by atoms with Gasteiger partial charge in [0.15, 0.2) is 5.58 Å². The number of oxazole rings is 1. The van der Waals surface area contributed by atoms with Crippen molar-refractivity contribution in [3.8, 4) is 11.1 Å². The first-order valence-electron chi connectivity index (χ1n) is 10.8. The second-order valence-corrected chi connectivity index (χ2v) is 7.96. The highest BCUT2D eigenvalue weighted by Crippen LogP contribution is 2.25. The van der Waals surface area contributed by atoms with Gasteiger partial charge in [0.1, 0.15) is 0 Å². The first kappa shape index (κ1) is 20.9. The van der Waals surface area contributed by atoms with Crippen LogP contribution in [0.15, 0.2) is 82.0 Å². The highest BCUT2D eigenvalue weighted by Gasteiger charge is 2.14. The quantitative estimate of drug-likeness (QED) is 0.411. The molecule has 4 rings (SSSR count). The first-order chi connectivity index (χ1) is 15.1. The topological polar surface area (TPSA) is 52.5 Å². The summed E-state index contributed by atoms with van der Waals surface area (Å²) in [4.78, 5) is 19.1. The molecule has 5 heteroatoms. The number of rotatable bonds is 9. The van der Waals surface area contributed by atoms with Crippen LogP contribution in [0.4, 0.5) is 5.69 Å². The van der Waals surface area contributed by atoms with Gasteiger partial charge in [-0.05, 0) is 48.4 Å². The molecule has 0 spiro atoms. The second-order valence-electron chi connectivity index (χ2n) is 7.96. The summed E-state index contributed by atoms with van der Waals surface area (Å²) in [7, 11) is 2.15. The molecule has 0 saturated carbocycles. The van der Waals surface area contributed by atoms with Crippen LogP contribution in [-0.4, -0.2) is 36.6 Å². The molecule has 0 aliphatic carbocycles. The Morgan fingerprint density at radius 3 is 2.45 bits per heavy atom. The van der Waals surface area contributed by atoms with E-state index in [1.807, 2.05) is 24.3 Å². The molecule has 0 bridgehead atoms. The summed E-state index contributed by atoms with van der Waals surface area (Å²) < 4.78 is 5.42. The van der Waals surface area contributed by atoms with E-state index in [4.69, 9.17) is 4.42 Å². The Labute approximate surface area is 182 Å². The molecule has 31 heavy (non-hydrogen) atoms. The van der Waals surface area contributed by atoms with Crippen LogP contribution in [0, 0.1) is 0 Å². The van der Waals surface area contributed by atoms with Gasteiger partial charge in [-0.1, -0.05) is 61.5 Å². The van der Waals surface area contributed by atoms with Gasteiger partial charge in [-0.15, -0.1) is 0 Å². The molecule has 0 unspecified atom stereocenters. The molecule has 0 atom stereocenters. The van der Waals surface area contributed by atoms with Crippen molar-refractivity contribution < 1.29 is 4.42 Å². The summed E-state index contributed by atoms with van der Waals surface area (Å²) in [5, 5.41) is 0. The number of likely N-dealkylation sites (N-methyl/N-ethyl adjacent to an activating group) is 1. The van der Waals surface area contributed by atoms with E-state index < -0.39 is 5.76 Å². The van der Waals surface area contributed by atoms with Gasteiger partial charge >= 0.3 is 5.76 Å². The van der Waals surface area contributed by atoms with Gasteiger partial charge in [0.2, 0.25) is 0 Å². The van der Waals surface area contributed by atoms with Crippen molar-refractivity contribution in [2.75, 3.05) is 31.6 Å². The molecular formula is C26H29N3O2. The number of para-hydroxylation sites is 1. The number of benzene rings is 3. The number of nitrogens with zero attached hydrogens (tertiary/aromatic N) is 2. The Hall–Kier alpha value is -3.31. The van der Waals surface area contributed by atoms with E-state index in [0.29, 0.717) is 5.58 Å². The number of hydrogen-bond acceptors (Lipinski definition) is 4. The van der Waals surface area contributed by atoms with Crippen molar-refractivity contribution in [1.29, 1.82) is 0 Å². The van der Waals surface area contributed by atoms with Crippen LogP contribution in [0.3, 0.4) is 0 Å². The molecule has 3 aromatic carbocycles. The lowest BCUT2D eigenvalue weighted by Crippen LogP contribution is -2.33. The number of nitrogens with one attached hydrogen (secondary N) is 1. The van der Waals surface area contributed by atoms with Gasteiger partial charge in [0, 0.05) is 26.2 Å². The maximum absolute atomic E-state index is 11.7. The van der Waals surface area contributed by atoms with Crippen molar-refractivity contribution in [1.82, 2.24) is 9.88 Å². The zero-order valence-corrected chi connectivity index (χ0v) is 18.2. The number of aromatic nitrogens is 1. The average Bonchev–Trinajstić information content (AvgIpc) is 3.18. The van der Waals surface area contributed by atoms with Crippen molar-refractivity contribution in [3.63, 3.8) is 0 Å². The minimum atomic E-state index is -0.408. The van der Waals surface area contributed by atoms with E-state index in [9.17, 15) is 4.79 Å².